The summed E-state index contributed by atoms with van der Waals surface area (Å²) in [6.45, 7) is 0.408. The lowest BCUT2D eigenvalue weighted by Gasteiger charge is -2.10. The molecule has 3 N–H and O–H groups in total. The Morgan fingerprint density at radius 3 is 2.41 bits per heavy atom. The van der Waals surface area contributed by atoms with Crippen molar-refractivity contribution in [3.8, 4) is 23.1 Å². The molecule has 0 radical (unpaired) electrons. The highest BCUT2D eigenvalue weighted by atomic mass is 16.5. The minimum Gasteiger partial charge on any atom is -0.493 e. The van der Waals surface area contributed by atoms with E-state index in [4.69, 9.17) is 19.9 Å². The summed E-state index contributed by atoms with van der Waals surface area (Å²) in [5, 5.41) is 2.80. The molecule has 29 heavy (non-hydrogen) atoms. The second-order valence-corrected chi connectivity index (χ2v) is 6.18. The van der Waals surface area contributed by atoms with Gasteiger partial charge in [-0.05, 0) is 36.8 Å². The number of anilines is 2. The van der Waals surface area contributed by atoms with E-state index < -0.39 is 0 Å². The predicted octanol–water partition coefficient (Wildman–Crippen LogP) is 4.26. The maximum absolute atomic E-state index is 12.1. The number of carbonyl (C=O) groups is 1. The van der Waals surface area contributed by atoms with Gasteiger partial charge in [0.25, 0.3) is 0 Å². The van der Waals surface area contributed by atoms with Crippen molar-refractivity contribution in [1.82, 2.24) is 4.98 Å². The number of hydrogen-bond acceptors (Lipinski definition) is 6. The highest BCUT2D eigenvalue weighted by molar-refractivity contribution is 5.90. The van der Waals surface area contributed by atoms with Gasteiger partial charge in [0.2, 0.25) is 11.8 Å². The maximum Gasteiger partial charge on any atom is 0.224 e. The van der Waals surface area contributed by atoms with Crippen LogP contribution in [0.25, 0.3) is 0 Å². The molecule has 0 unspecified atom stereocenters. The van der Waals surface area contributed by atoms with E-state index in [9.17, 15) is 4.79 Å². The maximum atomic E-state index is 12.1. The first kappa shape index (κ1) is 20.0. The third kappa shape index (κ3) is 5.87. The summed E-state index contributed by atoms with van der Waals surface area (Å²) in [5.74, 6) is 2.10. The average molecular weight is 393 g/mol. The van der Waals surface area contributed by atoms with Gasteiger partial charge >= 0.3 is 0 Å². The zero-order chi connectivity index (χ0) is 20.5. The fraction of sp³-hybridized carbons (Fsp3) is 0.182. The number of amides is 1. The molecule has 3 aromatic rings. The summed E-state index contributed by atoms with van der Waals surface area (Å²) < 4.78 is 16.5. The van der Waals surface area contributed by atoms with Gasteiger partial charge in [0, 0.05) is 12.5 Å². The lowest BCUT2D eigenvalue weighted by atomic mass is 10.3. The van der Waals surface area contributed by atoms with Crippen LogP contribution in [0, 0.1) is 0 Å². The zero-order valence-electron chi connectivity index (χ0n) is 16.1. The van der Waals surface area contributed by atoms with E-state index in [1.54, 1.807) is 49.7 Å². The molecule has 3 rings (SSSR count). The molecule has 7 heteroatoms. The normalized spacial score (nSPS) is 10.2. The quantitative estimate of drug-likeness (QED) is 0.416. The topological polar surface area (TPSA) is 95.7 Å². The largest absolute Gasteiger partial charge is 0.493 e. The number of benzene rings is 2. The van der Waals surface area contributed by atoms with Crippen molar-refractivity contribution in [3.05, 3.63) is 66.9 Å². The minimum atomic E-state index is -0.116. The molecule has 0 saturated heterocycles. The number of rotatable bonds is 9. The molecular formula is C22H23N3O4. The molecule has 0 aliphatic heterocycles. The Morgan fingerprint density at radius 1 is 1.00 bits per heavy atom. The van der Waals surface area contributed by atoms with E-state index in [0.29, 0.717) is 54.0 Å². The summed E-state index contributed by atoms with van der Waals surface area (Å²) in [6, 6.07) is 18.0. The van der Waals surface area contributed by atoms with E-state index in [1.807, 2.05) is 24.3 Å². The van der Waals surface area contributed by atoms with Gasteiger partial charge in [-0.2, -0.15) is 0 Å². The van der Waals surface area contributed by atoms with Crippen LogP contribution in [0.2, 0.25) is 0 Å². The number of ether oxygens (including phenoxy) is 3. The SMILES string of the molecule is COc1ccccc1Oc1ccc(NC(=O)CCCOc2ccccc2N)cn1. The number of aromatic nitrogens is 1. The minimum absolute atomic E-state index is 0.116. The molecule has 2 aromatic carbocycles. The molecule has 0 spiro atoms. The summed E-state index contributed by atoms with van der Waals surface area (Å²) in [5.41, 5.74) is 6.99. The third-order valence-corrected chi connectivity index (χ3v) is 4.03. The Bertz CT molecular complexity index is 945. The number of nitrogens with two attached hydrogens (primary N) is 1. The number of pyridine rings is 1. The number of nitrogens with one attached hydrogen (secondary N) is 1. The van der Waals surface area contributed by atoms with E-state index in [0.717, 1.165) is 0 Å². The van der Waals surface area contributed by atoms with Crippen LogP contribution in [0.1, 0.15) is 12.8 Å². The van der Waals surface area contributed by atoms with Crippen molar-refractivity contribution in [2.24, 2.45) is 0 Å². The highest BCUT2D eigenvalue weighted by Crippen LogP contribution is 2.30. The predicted molar refractivity (Wildman–Crippen MR) is 112 cm³/mol. The summed E-state index contributed by atoms with van der Waals surface area (Å²) in [7, 11) is 1.58. The molecular weight excluding hydrogens is 370 g/mol. The van der Waals surface area contributed by atoms with Gasteiger partial charge in [0.15, 0.2) is 11.5 Å². The van der Waals surface area contributed by atoms with Crippen LogP contribution in [0.15, 0.2) is 66.9 Å². The molecule has 0 atom stereocenters. The van der Waals surface area contributed by atoms with Gasteiger partial charge in [-0.25, -0.2) is 4.98 Å². The molecule has 7 nitrogen and oxygen atoms in total. The van der Waals surface area contributed by atoms with Crippen LogP contribution in [0.3, 0.4) is 0 Å². The first-order chi connectivity index (χ1) is 14.2. The second kappa shape index (κ2) is 9.98. The van der Waals surface area contributed by atoms with Crippen LogP contribution in [-0.4, -0.2) is 24.6 Å². The molecule has 0 saturated carbocycles. The number of carbonyl (C=O) groups excluding carboxylic acids is 1. The highest BCUT2D eigenvalue weighted by Gasteiger charge is 2.07. The average Bonchev–Trinajstić information content (AvgIpc) is 2.74. The Kier molecular flexibility index (Phi) is 6.89. The lowest BCUT2D eigenvalue weighted by molar-refractivity contribution is -0.116. The number of nitrogen functional groups attached to an aromatic ring is 1. The van der Waals surface area contributed by atoms with Crippen molar-refractivity contribution in [2.75, 3.05) is 24.8 Å². The zero-order valence-corrected chi connectivity index (χ0v) is 16.1. The molecule has 1 heterocycles. The monoisotopic (exact) mass is 393 g/mol. The molecule has 150 valence electrons. The van der Waals surface area contributed by atoms with Gasteiger partial charge < -0.3 is 25.3 Å². The smallest absolute Gasteiger partial charge is 0.224 e. The first-order valence-corrected chi connectivity index (χ1v) is 9.20. The van der Waals surface area contributed by atoms with Crippen molar-refractivity contribution in [1.29, 1.82) is 0 Å². The number of methoxy groups -OCH3 is 1. The van der Waals surface area contributed by atoms with Crippen molar-refractivity contribution in [3.63, 3.8) is 0 Å². The van der Waals surface area contributed by atoms with E-state index in [-0.39, 0.29) is 5.91 Å². The Hall–Kier alpha value is -3.74. The van der Waals surface area contributed by atoms with Gasteiger partial charge in [-0.3, -0.25) is 4.79 Å². The van der Waals surface area contributed by atoms with Gasteiger partial charge in [0.05, 0.1) is 31.3 Å². The van der Waals surface area contributed by atoms with Gasteiger partial charge in [-0.15, -0.1) is 0 Å². The van der Waals surface area contributed by atoms with Crippen LogP contribution < -0.4 is 25.3 Å². The van der Waals surface area contributed by atoms with Crippen LogP contribution in [-0.2, 0) is 4.79 Å². The fourth-order valence-corrected chi connectivity index (χ4v) is 2.58. The van der Waals surface area contributed by atoms with Crippen LogP contribution in [0.5, 0.6) is 23.1 Å². The fourth-order valence-electron chi connectivity index (χ4n) is 2.58. The standard InChI is InChI=1S/C22H23N3O4/c1-27-19-9-4-5-10-20(19)29-22-13-12-16(15-24-22)25-21(26)11-6-14-28-18-8-3-2-7-17(18)23/h2-5,7-10,12-13,15H,6,11,14,23H2,1H3,(H,25,26). The molecule has 0 aliphatic carbocycles. The molecule has 1 aromatic heterocycles. The lowest BCUT2D eigenvalue weighted by Crippen LogP contribution is -2.13. The van der Waals surface area contributed by atoms with Crippen molar-refractivity contribution in [2.45, 2.75) is 12.8 Å². The van der Waals surface area contributed by atoms with Gasteiger partial charge in [-0.1, -0.05) is 24.3 Å². The summed E-state index contributed by atoms with van der Waals surface area (Å²) in [4.78, 5) is 16.3. The van der Waals surface area contributed by atoms with Crippen LogP contribution >= 0.6 is 0 Å². The molecule has 0 fully saturated rings. The molecule has 1 amide bonds. The number of para-hydroxylation sites is 4. The van der Waals surface area contributed by atoms with Crippen molar-refractivity contribution >= 4 is 17.3 Å². The molecule has 0 aliphatic rings. The second-order valence-electron chi connectivity index (χ2n) is 6.18. The van der Waals surface area contributed by atoms with E-state index in [2.05, 4.69) is 10.3 Å². The van der Waals surface area contributed by atoms with Gasteiger partial charge in [0.1, 0.15) is 5.75 Å². The van der Waals surface area contributed by atoms with E-state index in [1.165, 1.54) is 0 Å². The Morgan fingerprint density at radius 2 is 1.72 bits per heavy atom. The third-order valence-electron chi connectivity index (χ3n) is 4.03. The van der Waals surface area contributed by atoms with E-state index >= 15 is 0 Å². The van der Waals surface area contributed by atoms with Crippen LogP contribution in [0.4, 0.5) is 11.4 Å². The Balaban J connectivity index is 1.44. The molecule has 0 bridgehead atoms. The summed E-state index contributed by atoms with van der Waals surface area (Å²) in [6.07, 6.45) is 2.44. The summed E-state index contributed by atoms with van der Waals surface area (Å²) >= 11 is 0. The van der Waals surface area contributed by atoms with Crippen molar-refractivity contribution < 1.29 is 19.0 Å². The first-order valence-electron chi connectivity index (χ1n) is 9.20. The Labute approximate surface area is 169 Å². The number of nitrogens with zero attached hydrogens (tertiary/aromatic N) is 1. The number of hydrogen-bond donors (Lipinski definition) is 2.